The number of aromatic nitrogens is 1. The Balaban J connectivity index is 1.39. The van der Waals surface area contributed by atoms with E-state index >= 15 is 0 Å². The lowest BCUT2D eigenvalue weighted by Gasteiger charge is -2.47. The molecule has 1 aliphatic heterocycles. The lowest BCUT2D eigenvalue weighted by molar-refractivity contribution is -0.144. The minimum absolute atomic E-state index is 0.0193. The molecule has 3 aliphatic rings. The SMILES string of the molecule is CC1CCC2C(C1)CC1C(=O)OC(C)C1C2/C=C/c1ccc(-c2ccccc2)cn1. The summed E-state index contributed by atoms with van der Waals surface area (Å²) in [6.45, 7) is 4.45. The molecular weight excluding hydrogens is 370 g/mol. The molecule has 1 saturated heterocycles. The first-order chi connectivity index (χ1) is 14.6. The number of pyridine rings is 1. The lowest BCUT2D eigenvalue weighted by Crippen LogP contribution is -2.43. The maximum atomic E-state index is 12.5. The van der Waals surface area contributed by atoms with Gasteiger partial charge in [-0.3, -0.25) is 9.78 Å². The largest absolute Gasteiger partial charge is 0.462 e. The first-order valence-electron chi connectivity index (χ1n) is 11.5. The van der Waals surface area contributed by atoms with Crippen molar-refractivity contribution in [2.45, 2.75) is 45.6 Å². The van der Waals surface area contributed by atoms with Gasteiger partial charge < -0.3 is 4.74 Å². The van der Waals surface area contributed by atoms with E-state index in [0.29, 0.717) is 23.7 Å². The number of carbonyl (C=O) groups is 1. The highest BCUT2D eigenvalue weighted by Gasteiger charge is 2.54. The van der Waals surface area contributed by atoms with Gasteiger partial charge in [0.1, 0.15) is 6.10 Å². The molecule has 2 saturated carbocycles. The number of benzene rings is 1. The van der Waals surface area contributed by atoms with Gasteiger partial charge in [0, 0.05) is 17.7 Å². The molecule has 2 aromatic rings. The first-order valence-corrected chi connectivity index (χ1v) is 11.5. The summed E-state index contributed by atoms with van der Waals surface area (Å²) in [7, 11) is 0. The summed E-state index contributed by atoms with van der Waals surface area (Å²) in [5.74, 6) is 2.91. The smallest absolute Gasteiger partial charge is 0.309 e. The highest BCUT2D eigenvalue weighted by atomic mass is 16.6. The van der Waals surface area contributed by atoms with Crippen molar-refractivity contribution in [3.63, 3.8) is 0 Å². The fourth-order valence-electron chi connectivity index (χ4n) is 6.37. The number of hydrogen-bond donors (Lipinski definition) is 0. The Morgan fingerprint density at radius 1 is 1.00 bits per heavy atom. The molecule has 30 heavy (non-hydrogen) atoms. The molecule has 3 heteroatoms. The zero-order valence-electron chi connectivity index (χ0n) is 17.9. The Morgan fingerprint density at radius 2 is 1.83 bits per heavy atom. The van der Waals surface area contributed by atoms with Gasteiger partial charge in [-0.25, -0.2) is 0 Å². The van der Waals surface area contributed by atoms with Crippen molar-refractivity contribution in [3.8, 4) is 11.1 Å². The number of rotatable bonds is 3. The van der Waals surface area contributed by atoms with Crippen LogP contribution in [0.3, 0.4) is 0 Å². The molecule has 3 fully saturated rings. The summed E-state index contributed by atoms with van der Waals surface area (Å²) < 4.78 is 5.70. The molecule has 0 spiro atoms. The van der Waals surface area contributed by atoms with E-state index in [1.807, 2.05) is 12.3 Å². The van der Waals surface area contributed by atoms with Crippen molar-refractivity contribution >= 4 is 12.0 Å². The van der Waals surface area contributed by atoms with Crippen LogP contribution in [-0.2, 0) is 9.53 Å². The predicted molar refractivity (Wildman–Crippen MR) is 119 cm³/mol. The van der Waals surface area contributed by atoms with E-state index in [4.69, 9.17) is 9.72 Å². The van der Waals surface area contributed by atoms with Crippen LogP contribution in [-0.4, -0.2) is 17.1 Å². The molecule has 3 nitrogen and oxygen atoms in total. The predicted octanol–water partition coefficient (Wildman–Crippen LogP) is 6.01. The second-order valence-corrected chi connectivity index (χ2v) is 9.68. The number of fused-ring (bicyclic) bond motifs is 2. The van der Waals surface area contributed by atoms with Gasteiger partial charge in [-0.1, -0.05) is 55.8 Å². The molecule has 1 aromatic heterocycles. The van der Waals surface area contributed by atoms with Crippen LogP contribution < -0.4 is 0 Å². The molecule has 156 valence electrons. The molecular formula is C27H31NO2. The van der Waals surface area contributed by atoms with Crippen molar-refractivity contribution in [2.24, 2.45) is 35.5 Å². The Bertz CT molecular complexity index is 920. The number of ether oxygens (including phenoxy) is 1. The van der Waals surface area contributed by atoms with Gasteiger partial charge in [0.15, 0.2) is 0 Å². The number of esters is 1. The topological polar surface area (TPSA) is 39.2 Å². The normalized spacial score (nSPS) is 35.7. The second kappa shape index (κ2) is 8.02. The first kappa shape index (κ1) is 19.5. The van der Waals surface area contributed by atoms with Gasteiger partial charge in [-0.2, -0.15) is 0 Å². The van der Waals surface area contributed by atoms with Gasteiger partial charge in [0.2, 0.25) is 0 Å². The van der Waals surface area contributed by atoms with E-state index in [1.165, 1.54) is 24.8 Å². The fraction of sp³-hybridized carbons (Fsp3) is 0.481. The van der Waals surface area contributed by atoms with Crippen LogP contribution in [0.5, 0.6) is 0 Å². The fourth-order valence-corrected chi connectivity index (χ4v) is 6.37. The van der Waals surface area contributed by atoms with Crippen LogP contribution in [0.1, 0.15) is 45.2 Å². The van der Waals surface area contributed by atoms with Gasteiger partial charge in [-0.05, 0) is 67.6 Å². The summed E-state index contributed by atoms with van der Waals surface area (Å²) in [6, 6.07) is 14.6. The number of carbonyl (C=O) groups excluding carboxylic acids is 1. The lowest BCUT2D eigenvalue weighted by atomic mass is 9.56. The van der Waals surface area contributed by atoms with Crippen LogP contribution in [0.15, 0.2) is 54.7 Å². The Morgan fingerprint density at radius 3 is 2.60 bits per heavy atom. The molecule has 0 N–H and O–H groups in total. The zero-order chi connectivity index (χ0) is 20.7. The molecule has 1 aromatic carbocycles. The Kier molecular flexibility index (Phi) is 5.22. The number of nitrogens with zero attached hydrogens (tertiary/aromatic N) is 1. The van der Waals surface area contributed by atoms with Gasteiger partial charge in [0.05, 0.1) is 11.6 Å². The number of cyclic esters (lactones) is 1. The van der Waals surface area contributed by atoms with Crippen molar-refractivity contribution < 1.29 is 9.53 Å². The van der Waals surface area contributed by atoms with Crippen LogP contribution >= 0.6 is 0 Å². The number of allylic oxidation sites excluding steroid dienone is 1. The van der Waals surface area contributed by atoms with Gasteiger partial charge in [-0.15, -0.1) is 0 Å². The van der Waals surface area contributed by atoms with Crippen molar-refractivity contribution in [3.05, 3.63) is 60.4 Å². The average molecular weight is 402 g/mol. The third-order valence-corrected chi connectivity index (χ3v) is 7.79. The van der Waals surface area contributed by atoms with Crippen molar-refractivity contribution in [1.82, 2.24) is 4.98 Å². The maximum absolute atomic E-state index is 12.5. The molecule has 0 amide bonds. The van der Waals surface area contributed by atoms with E-state index in [0.717, 1.165) is 23.6 Å². The molecule has 2 heterocycles. The highest BCUT2D eigenvalue weighted by molar-refractivity contribution is 5.75. The Hall–Kier alpha value is -2.42. The van der Waals surface area contributed by atoms with E-state index < -0.39 is 0 Å². The van der Waals surface area contributed by atoms with Crippen molar-refractivity contribution in [2.75, 3.05) is 0 Å². The summed E-state index contributed by atoms with van der Waals surface area (Å²) in [6.07, 6.45) is 11.3. The summed E-state index contributed by atoms with van der Waals surface area (Å²) >= 11 is 0. The van der Waals surface area contributed by atoms with E-state index in [-0.39, 0.29) is 18.0 Å². The quantitative estimate of drug-likeness (QED) is 0.591. The van der Waals surface area contributed by atoms with Crippen LogP contribution in [0.25, 0.3) is 17.2 Å². The third kappa shape index (κ3) is 3.59. The van der Waals surface area contributed by atoms with Gasteiger partial charge >= 0.3 is 5.97 Å². The molecule has 7 atom stereocenters. The summed E-state index contributed by atoms with van der Waals surface area (Å²) in [5, 5.41) is 0. The molecule has 2 aliphatic carbocycles. The standard InChI is InChI=1S/C27H31NO2/c1-17-8-12-23-21(14-17)15-25-26(18(2)30-27(25)29)24(23)13-11-22-10-9-20(16-28-22)19-6-4-3-5-7-19/h3-7,9-11,13,16-18,21,23-26H,8,12,14-15H2,1-2H3/b13-11+. The van der Waals surface area contributed by atoms with Gasteiger partial charge in [0.25, 0.3) is 0 Å². The molecule has 7 unspecified atom stereocenters. The third-order valence-electron chi connectivity index (χ3n) is 7.79. The summed E-state index contributed by atoms with van der Waals surface area (Å²) in [4.78, 5) is 17.2. The number of hydrogen-bond acceptors (Lipinski definition) is 3. The minimum Gasteiger partial charge on any atom is -0.462 e. The molecule has 5 rings (SSSR count). The molecule has 0 bridgehead atoms. The van der Waals surface area contributed by atoms with E-state index in [9.17, 15) is 4.79 Å². The zero-order valence-corrected chi connectivity index (χ0v) is 17.9. The van der Waals surface area contributed by atoms with Crippen molar-refractivity contribution in [1.29, 1.82) is 0 Å². The average Bonchev–Trinajstić information content (AvgIpc) is 3.05. The van der Waals surface area contributed by atoms with E-state index in [1.54, 1.807) is 0 Å². The second-order valence-electron chi connectivity index (χ2n) is 9.68. The summed E-state index contributed by atoms with van der Waals surface area (Å²) in [5.41, 5.74) is 3.30. The highest BCUT2D eigenvalue weighted by Crippen LogP contribution is 2.54. The monoisotopic (exact) mass is 401 g/mol. The minimum atomic E-state index is 0.0193. The van der Waals surface area contributed by atoms with E-state index in [2.05, 4.69) is 62.4 Å². The van der Waals surface area contributed by atoms with Crippen LogP contribution in [0.4, 0.5) is 0 Å². The maximum Gasteiger partial charge on any atom is 0.309 e. The Labute approximate surface area is 179 Å². The van der Waals surface area contributed by atoms with Crippen LogP contribution in [0, 0.1) is 35.5 Å². The van der Waals surface area contributed by atoms with Crippen LogP contribution in [0.2, 0.25) is 0 Å². The molecule has 0 radical (unpaired) electrons.